The van der Waals surface area contributed by atoms with Crippen molar-refractivity contribution in [1.82, 2.24) is 4.90 Å². The van der Waals surface area contributed by atoms with E-state index in [1.54, 1.807) is 6.26 Å². The molecule has 1 aromatic rings. The molecule has 0 aromatic heterocycles. The van der Waals surface area contributed by atoms with E-state index in [4.69, 9.17) is 4.74 Å². The zero-order valence-corrected chi connectivity index (χ0v) is 8.23. The van der Waals surface area contributed by atoms with Gasteiger partial charge in [0.25, 0.3) is 0 Å². The van der Waals surface area contributed by atoms with Crippen LogP contribution in [0.1, 0.15) is 6.42 Å². The van der Waals surface area contributed by atoms with Gasteiger partial charge in [0.05, 0.1) is 6.26 Å². The molecule has 0 aliphatic carbocycles. The van der Waals surface area contributed by atoms with E-state index in [9.17, 15) is 0 Å². The Balaban J connectivity index is 1.71. The summed E-state index contributed by atoms with van der Waals surface area (Å²) < 4.78 is 5.42. The number of benzene rings is 1. The van der Waals surface area contributed by atoms with Crippen LogP contribution in [0.4, 0.5) is 0 Å². The Morgan fingerprint density at radius 1 is 1.21 bits per heavy atom. The molecule has 2 nitrogen and oxygen atoms in total. The van der Waals surface area contributed by atoms with Gasteiger partial charge in [0.2, 0.25) is 0 Å². The standard InChI is InChI=1S/C12H15NO/c1-2-6-12(7-3-1)14-11-5-10-13-8-4-9-13/h1-3,5-7,11H,4,8-10H2. The van der Waals surface area contributed by atoms with Crippen molar-refractivity contribution in [2.45, 2.75) is 6.42 Å². The fourth-order valence-corrected chi connectivity index (χ4v) is 1.38. The number of likely N-dealkylation sites (tertiary alicyclic amines) is 1. The molecule has 1 aromatic carbocycles. The number of hydrogen-bond acceptors (Lipinski definition) is 2. The molecule has 0 unspecified atom stereocenters. The lowest BCUT2D eigenvalue weighted by Crippen LogP contribution is -2.36. The second-order valence-corrected chi connectivity index (χ2v) is 3.46. The summed E-state index contributed by atoms with van der Waals surface area (Å²) in [6.45, 7) is 3.47. The molecule has 0 atom stereocenters. The molecular weight excluding hydrogens is 174 g/mol. The summed E-state index contributed by atoms with van der Waals surface area (Å²) >= 11 is 0. The topological polar surface area (TPSA) is 12.5 Å². The summed E-state index contributed by atoms with van der Waals surface area (Å²) in [5, 5.41) is 0. The lowest BCUT2D eigenvalue weighted by Gasteiger charge is -2.29. The zero-order valence-electron chi connectivity index (χ0n) is 8.23. The normalized spacial score (nSPS) is 16.9. The molecule has 0 spiro atoms. The van der Waals surface area contributed by atoms with Crippen LogP contribution in [0.3, 0.4) is 0 Å². The zero-order chi connectivity index (χ0) is 9.64. The van der Waals surface area contributed by atoms with Crippen LogP contribution in [0.2, 0.25) is 0 Å². The van der Waals surface area contributed by atoms with Gasteiger partial charge >= 0.3 is 0 Å². The van der Waals surface area contributed by atoms with E-state index in [0.717, 1.165) is 12.3 Å². The van der Waals surface area contributed by atoms with Gasteiger partial charge in [0, 0.05) is 6.54 Å². The second-order valence-electron chi connectivity index (χ2n) is 3.46. The van der Waals surface area contributed by atoms with Gasteiger partial charge in [-0.3, -0.25) is 4.90 Å². The maximum Gasteiger partial charge on any atom is 0.126 e. The van der Waals surface area contributed by atoms with Crippen LogP contribution in [0.5, 0.6) is 5.75 Å². The first kappa shape index (κ1) is 9.28. The quantitative estimate of drug-likeness (QED) is 0.674. The molecule has 0 amide bonds. The Labute approximate surface area is 84.8 Å². The molecule has 14 heavy (non-hydrogen) atoms. The Morgan fingerprint density at radius 3 is 2.64 bits per heavy atom. The minimum absolute atomic E-state index is 0.896. The minimum atomic E-state index is 0.896. The van der Waals surface area contributed by atoms with Gasteiger partial charge in [0.15, 0.2) is 0 Å². The molecule has 1 aliphatic rings. The maximum atomic E-state index is 5.42. The van der Waals surface area contributed by atoms with Crippen LogP contribution >= 0.6 is 0 Å². The molecule has 0 bridgehead atoms. The number of para-hydroxylation sites is 1. The highest BCUT2D eigenvalue weighted by Gasteiger charge is 2.10. The maximum absolute atomic E-state index is 5.42. The van der Waals surface area contributed by atoms with Gasteiger partial charge in [-0.1, -0.05) is 18.2 Å². The molecule has 1 aliphatic heterocycles. The molecule has 74 valence electrons. The number of nitrogens with zero attached hydrogens (tertiary/aromatic N) is 1. The third-order valence-corrected chi connectivity index (χ3v) is 2.36. The summed E-state index contributed by atoms with van der Waals surface area (Å²) in [5.74, 6) is 0.896. The Kier molecular flexibility index (Phi) is 3.19. The summed E-state index contributed by atoms with van der Waals surface area (Å²) in [4.78, 5) is 2.38. The molecule has 1 heterocycles. The minimum Gasteiger partial charge on any atom is -0.465 e. The first-order chi connectivity index (χ1) is 6.95. The van der Waals surface area contributed by atoms with Crippen LogP contribution in [0.25, 0.3) is 0 Å². The fraction of sp³-hybridized carbons (Fsp3) is 0.333. The van der Waals surface area contributed by atoms with Crippen molar-refractivity contribution in [2.75, 3.05) is 19.6 Å². The molecule has 0 saturated carbocycles. The van der Waals surface area contributed by atoms with Gasteiger partial charge in [-0.15, -0.1) is 0 Å². The van der Waals surface area contributed by atoms with E-state index in [2.05, 4.69) is 11.0 Å². The van der Waals surface area contributed by atoms with E-state index < -0.39 is 0 Å². The highest BCUT2D eigenvalue weighted by atomic mass is 16.5. The SMILES string of the molecule is C(=COc1ccccc1)CN1CCC1. The van der Waals surface area contributed by atoms with E-state index in [-0.39, 0.29) is 0 Å². The monoisotopic (exact) mass is 189 g/mol. The van der Waals surface area contributed by atoms with Gasteiger partial charge in [-0.05, 0) is 37.7 Å². The van der Waals surface area contributed by atoms with Crippen molar-refractivity contribution in [1.29, 1.82) is 0 Å². The second kappa shape index (κ2) is 4.82. The number of hydrogen-bond donors (Lipinski definition) is 0. The molecule has 0 radical (unpaired) electrons. The smallest absolute Gasteiger partial charge is 0.126 e. The molecule has 2 heteroatoms. The largest absolute Gasteiger partial charge is 0.465 e. The fourth-order valence-electron chi connectivity index (χ4n) is 1.38. The van der Waals surface area contributed by atoms with E-state index >= 15 is 0 Å². The summed E-state index contributed by atoms with van der Waals surface area (Å²) in [7, 11) is 0. The van der Waals surface area contributed by atoms with E-state index in [1.165, 1.54) is 19.5 Å². The van der Waals surface area contributed by atoms with Gasteiger partial charge in [-0.2, -0.15) is 0 Å². The predicted octanol–water partition coefficient (Wildman–Crippen LogP) is 2.28. The Bertz CT molecular complexity index is 290. The number of ether oxygens (including phenoxy) is 1. The third kappa shape index (κ3) is 2.60. The molecule has 1 fully saturated rings. The van der Waals surface area contributed by atoms with Crippen LogP contribution in [0, 0.1) is 0 Å². The van der Waals surface area contributed by atoms with Crippen LogP contribution in [0.15, 0.2) is 42.7 Å². The van der Waals surface area contributed by atoms with Gasteiger partial charge in [-0.25, -0.2) is 0 Å². The summed E-state index contributed by atoms with van der Waals surface area (Å²) in [6.07, 6.45) is 5.17. The summed E-state index contributed by atoms with van der Waals surface area (Å²) in [5.41, 5.74) is 0. The van der Waals surface area contributed by atoms with Crippen molar-refractivity contribution >= 4 is 0 Å². The van der Waals surface area contributed by atoms with Crippen molar-refractivity contribution in [2.24, 2.45) is 0 Å². The third-order valence-electron chi connectivity index (χ3n) is 2.36. The average molecular weight is 189 g/mol. The highest BCUT2D eigenvalue weighted by Crippen LogP contribution is 2.09. The first-order valence-electron chi connectivity index (χ1n) is 5.04. The van der Waals surface area contributed by atoms with Gasteiger partial charge < -0.3 is 4.74 Å². The Morgan fingerprint density at radius 2 is 2.00 bits per heavy atom. The molecular formula is C12H15NO. The van der Waals surface area contributed by atoms with Crippen LogP contribution in [-0.4, -0.2) is 24.5 Å². The molecule has 0 N–H and O–H groups in total. The summed E-state index contributed by atoms with van der Waals surface area (Å²) in [6, 6.07) is 9.83. The van der Waals surface area contributed by atoms with Crippen LogP contribution in [-0.2, 0) is 0 Å². The van der Waals surface area contributed by atoms with E-state index in [0.29, 0.717) is 0 Å². The lowest BCUT2D eigenvalue weighted by molar-refractivity contribution is 0.202. The van der Waals surface area contributed by atoms with Crippen molar-refractivity contribution < 1.29 is 4.74 Å². The van der Waals surface area contributed by atoms with Crippen molar-refractivity contribution in [3.63, 3.8) is 0 Å². The van der Waals surface area contributed by atoms with Crippen molar-refractivity contribution in [3.8, 4) is 5.75 Å². The van der Waals surface area contributed by atoms with Gasteiger partial charge in [0.1, 0.15) is 5.75 Å². The molecule has 2 rings (SSSR count). The first-order valence-corrected chi connectivity index (χ1v) is 5.04. The average Bonchev–Trinajstić information content (AvgIpc) is 2.16. The molecule has 1 saturated heterocycles. The van der Waals surface area contributed by atoms with Crippen LogP contribution < -0.4 is 4.74 Å². The van der Waals surface area contributed by atoms with E-state index in [1.807, 2.05) is 30.3 Å². The van der Waals surface area contributed by atoms with Crippen molar-refractivity contribution in [3.05, 3.63) is 42.7 Å². The predicted molar refractivity (Wildman–Crippen MR) is 57.3 cm³/mol. The number of rotatable bonds is 4. The lowest BCUT2D eigenvalue weighted by atomic mass is 10.2. The highest BCUT2D eigenvalue weighted by molar-refractivity contribution is 5.21. The Hall–Kier alpha value is -1.28.